The van der Waals surface area contributed by atoms with Crippen molar-refractivity contribution in [3.05, 3.63) is 52.6 Å². The van der Waals surface area contributed by atoms with Gasteiger partial charge in [0.15, 0.2) is 11.5 Å². The zero-order chi connectivity index (χ0) is 19.8. The topological polar surface area (TPSA) is 131 Å². The van der Waals surface area contributed by atoms with Gasteiger partial charge in [0, 0.05) is 5.56 Å². The van der Waals surface area contributed by atoms with Crippen LogP contribution in [0.15, 0.2) is 35.2 Å². The van der Waals surface area contributed by atoms with Crippen LogP contribution in [-0.4, -0.2) is 32.2 Å². The van der Waals surface area contributed by atoms with Crippen molar-refractivity contribution in [2.24, 2.45) is 0 Å². The largest absolute Gasteiger partial charge is 0.478 e. The van der Waals surface area contributed by atoms with E-state index in [9.17, 15) is 18.0 Å². The van der Waals surface area contributed by atoms with Gasteiger partial charge in [-0.3, -0.25) is 10.2 Å². The molecule has 1 amide bonds. The number of amides is 1. The molecule has 27 heavy (non-hydrogen) atoms. The van der Waals surface area contributed by atoms with E-state index in [2.05, 4.69) is 5.43 Å². The second-order valence-electron chi connectivity index (χ2n) is 5.85. The lowest BCUT2D eigenvalue weighted by Gasteiger charge is -2.13. The van der Waals surface area contributed by atoms with Gasteiger partial charge in [-0.2, -0.15) is 0 Å². The second-order valence-corrected chi connectivity index (χ2v) is 7.50. The Labute approximate surface area is 154 Å². The number of carbonyl (C=O) groups is 2. The highest BCUT2D eigenvalue weighted by atomic mass is 32.2. The van der Waals surface area contributed by atoms with Crippen LogP contribution in [0, 0.1) is 13.8 Å². The van der Waals surface area contributed by atoms with Gasteiger partial charge in [0.2, 0.25) is 6.79 Å². The lowest BCUT2D eigenvalue weighted by Crippen LogP contribution is -2.41. The number of nitrogens with one attached hydrogen (secondary N) is 2. The number of ether oxygens (including phenoxy) is 2. The maximum absolute atomic E-state index is 12.5. The molecule has 1 heterocycles. The molecule has 2 aromatic rings. The Balaban J connectivity index is 1.81. The predicted molar refractivity (Wildman–Crippen MR) is 93.2 cm³/mol. The van der Waals surface area contributed by atoms with Crippen molar-refractivity contribution in [3.63, 3.8) is 0 Å². The van der Waals surface area contributed by atoms with Crippen LogP contribution in [0.25, 0.3) is 0 Å². The first-order valence-electron chi connectivity index (χ1n) is 7.75. The Bertz CT molecular complexity index is 1050. The lowest BCUT2D eigenvalue weighted by molar-refractivity contribution is 0.0696. The number of aryl methyl sites for hydroxylation is 1. The molecule has 142 valence electrons. The number of hydrogen-bond donors (Lipinski definition) is 3. The van der Waals surface area contributed by atoms with Gasteiger partial charge in [0.1, 0.15) is 0 Å². The predicted octanol–water partition coefficient (Wildman–Crippen LogP) is 1.35. The van der Waals surface area contributed by atoms with Gasteiger partial charge in [-0.25, -0.2) is 13.2 Å². The van der Waals surface area contributed by atoms with E-state index < -0.39 is 21.9 Å². The van der Waals surface area contributed by atoms with Crippen LogP contribution in [0.3, 0.4) is 0 Å². The van der Waals surface area contributed by atoms with Crippen molar-refractivity contribution in [1.82, 2.24) is 10.3 Å². The number of hydrazine groups is 1. The third-order valence-electron chi connectivity index (χ3n) is 4.09. The summed E-state index contributed by atoms with van der Waals surface area (Å²) in [7, 11) is -4.19. The maximum atomic E-state index is 12.5. The molecule has 0 atom stereocenters. The third-order valence-corrected chi connectivity index (χ3v) is 5.46. The zero-order valence-corrected chi connectivity index (χ0v) is 15.2. The molecule has 3 rings (SSSR count). The number of rotatable bonds is 5. The minimum atomic E-state index is -4.19. The van der Waals surface area contributed by atoms with Gasteiger partial charge in [-0.15, -0.1) is 4.83 Å². The molecular formula is C17H16N2O7S. The number of benzene rings is 2. The molecule has 0 saturated carbocycles. The van der Waals surface area contributed by atoms with Crippen molar-refractivity contribution >= 4 is 21.9 Å². The number of carboxylic acid groups (broad SMARTS) is 1. The number of carbonyl (C=O) groups excluding carboxylic acids is 1. The van der Waals surface area contributed by atoms with Crippen molar-refractivity contribution < 1.29 is 32.6 Å². The van der Waals surface area contributed by atoms with Crippen LogP contribution >= 0.6 is 0 Å². The number of sulfonamides is 1. The quantitative estimate of drug-likeness (QED) is 0.655. The van der Waals surface area contributed by atoms with Gasteiger partial charge < -0.3 is 14.6 Å². The van der Waals surface area contributed by atoms with E-state index in [1.165, 1.54) is 24.3 Å². The standard InChI is InChI=1S/C17H16N2O7S/c1-9-5-12(17(21)22)7-15(10(9)2)27(23,24)19-18-16(20)11-3-4-13-14(6-11)26-8-25-13/h3-7,19H,8H2,1-2H3,(H,18,20)(H,21,22). The molecule has 0 unspecified atom stereocenters. The SMILES string of the molecule is Cc1cc(C(=O)O)cc(S(=O)(=O)NNC(=O)c2ccc3c(c2)OCO3)c1C. The van der Waals surface area contributed by atoms with Crippen LogP contribution in [-0.2, 0) is 10.0 Å². The molecule has 9 nitrogen and oxygen atoms in total. The molecule has 0 aromatic heterocycles. The third kappa shape index (κ3) is 3.71. The molecular weight excluding hydrogens is 376 g/mol. The van der Waals surface area contributed by atoms with Gasteiger partial charge in [-0.05, 0) is 55.3 Å². The molecule has 10 heteroatoms. The van der Waals surface area contributed by atoms with Crippen molar-refractivity contribution in [2.45, 2.75) is 18.7 Å². The first kappa shape index (κ1) is 18.7. The van der Waals surface area contributed by atoms with Crippen molar-refractivity contribution in [1.29, 1.82) is 0 Å². The van der Waals surface area contributed by atoms with E-state index in [0.717, 1.165) is 6.07 Å². The summed E-state index contributed by atoms with van der Waals surface area (Å²) in [6, 6.07) is 6.83. The number of hydrogen-bond acceptors (Lipinski definition) is 6. The number of fused-ring (bicyclic) bond motifs is 1. The fourth-order valence-corrected chi connectivity index (χ4v) is 3.69. The van der Waals surface area contributed by atoms with Gasteiger partial charge >= 0.3 is 5.97 Å². The summed E-state index contributed by atoms with van der Waals surface area (Å²) in [5.74, 6) is -1.09. The Morgan fingerprint density at radius 1 is 1.04 bits per heavy atom. The molecule has 1 aliphatic rings. The molecule has 1 aliphatic heterocycles. The van der Waals surface area contributed by atoms with Crippen LogP contribution in [0.1, 0.15) is 31.8 Å². The van der Waals surface area contributed by atoms with Crippen molar-refractivity contribution in [2.75, 3.05) is 6.79 Å². The molecule has 0 bridgehead atoms. The number of aromatic carboxylic acids is 1. The van der Waals surface area contributed by atoms with Crippen LogP contribution in [0.4, 0.5) is 0 Å². The first-order chi connectivity index (χ1) is 12.7. The van der Waals surface area contributed by atoms with Gasteiger partial charge in [0.25, 0.3) is 15.9 Å². The minimum absolute atomic E-state index is 0.0472. The molecule has 3 N–H and O–H groups in total. The zero-order valence-electron chi connectivity index (χ0n) is 14.4. The van der Waals surface area contributed by atoms with E-state index in [0.29, 0.717) is 22.6 Å². The number of carboxylic acids is 1. The van der Waals surface area contributed by atoms with Crippen LogP contribution in [0.2, 0.25) is 0 Å². The molecule has 0 spiro atoms. The molecule has 0 saturated heterocycles. The summed E-state index contributed by atoms with van der Waals surface area (Å²) in [5.41, 5.74) is 2.98. The fraction of sp³-hybridized carbons (Fsp3) is 0.176. The minimum Gasteiger partial charge on any atom is -0.478 e. The summed E-state index contributed by atoms with van der Waals surface area (Å²) in [6.45, 7) is 3.20. The highest BCUT2D eigenvalue weighted by Gasteiger charge is 2.22. The Morgan fingerprint density at radius 3 is 2.44 bits per heavy atom. The maximum Gasteiger partial charge on any atom is 0.335 e. The van der Waals surface area contributed by atoms with E-state index in [1.54, 1.807) is 13.8 Å². The molecule has 0 radical (unpaired) electrons. The Hall–Kier alpha value is -3.11. The average molecular weight is 392 g/mol. The lowest BCUT2D eigenvalue weighted by atomic mass is 10.1. The summed E-state index contributed by atoms with van der Waals surface area (Å²) in [5, 5.41) is 9.13. The summed E-state index contributed by atoms with van der Waals surface area (Å²) in [4.78, 5) is 25.2. The molecule has 0 fully saturated rings. The fourth-order valence-electron chi connectivity index (χ4n) is 2.51. The average Bonchev–Trinajstić information content (AvgIpc) is 3.09. The van der Waals surface area contributed by atoms with Crippen LogP contribution < -0.4 is 19.7 Å². The van der Waals surface area contributed by atoms with E-state index >= 15 is 0 Å². The monoisotopic (exact) mass is 392 g/mol. The highest BCUT2D eigenvalue weighted by molar-refractivity contribution is 7.89. The van der Waals surface area contributed by atoms with E-state index in [1.807, 2.05) is 4.83 Å². The van der Waals surface area contributed by atoms with Crippen molar-refractivity contribution in [3.8, 4) is 11.5 Å². The smallest absolute Gasteiger partial charge is 0.335 e. The second kappa shape index (κ2) is 6.89. The summed E-state index contributed by atoms with van der Waals surface area (Å²) >= 11 is 0. The molecule has 0 aliphatic carbocycles. The summed E-state index contributed by atoms with van der Waals surface area (Å²) in [6.07, 6.45) is 0. The van der Waals surface area contributed by atoms with Gasteiger partial charge in [0.05, 0.1) is 10.5 Å². The Kier molecular flexibility index (Phi) is 4.77. The first-order valence-corrected chi connectivity index (χ1v) is 9.23. The van der Waals surface area contributed by atoms with E-state index in [4.69, 9.17) is 14.6 Å². The normalized spacial score (nSPS) is 12.7. The Morgan fingerprint density at radius 2 is 1.74 bits per heavy atom. The summed E-state index contributed by atoms with van der Waals surface area (Å²) < 4.78 is 35.4. The molecule has 2 aromatic carbocycles. The van der Waals surface area contributed by atoms with E-state index in [-0.39, 0.29) is 22.8 Å². The van der Waals surface area contributed by atoms with Crippen LogP contribution in [0.5, 0.6) is 11.5 Å². The van der Waals surface area contributed by atoms with Gasteiger partial charge in [-0.1, -0.05) is 0 Å². The highest BCUT2D eigenvalue weighted by Crippen LogP contribution is 2.32.